The molecule has 1 aliphatic carbocycles. The standard InChI is InChI=1S/C14H23N3O/c1-3-5-12-8-15-13(16-9-12)17-10-14(11-18-2)6-4-7-14/h8-9H,3-7,10-11H2,1-2H3,(H,15,16,17). The molecule has 0 aliphatic heterocycles. The van der Waals surface area contributed by atoms with Gasteiger partial charge in [0.1, 0.15) is 0 Å². The van der Waals surface area contributed by atoms with Gasteiger partial charge in [-0.05, 0) is 24.8 Å². The first-order valence-electron chi connectivity index (χ1n) is 6.82. The molecule has 1 saturated carbocycles. The molecule has 1 heterocycles. The lowest BCUT2D eigenvalue weighted by Crippen LogP contribution is -2.40. The zero-order valence-corrected chi connectivity index (χ0v) is 11.4. The predicted octanol–water partition coefficient (Wildman–Crippen LogP) is 2.66. The van der Waals surface area contributed by atoms with Crippen LogP contribution in [0.2, 0.25) is 0 Å². The van der Waals surface area contributed by atoms with Crippen LogP contribution in [0.3, 0.4) is 0 Å². The zero-order valence-electron chi connectivity index (χ0n) is 11.4. The number of ether oxygens (including phenoxy) is 1. The number of methoxy groups -OCH3 is 1. The summed E-state index contributed by atoms with van der Waals surface area (Å²) in [6.45, 7) is 3.90. The van der Waals surface area contributed by atoms with E-state index in [4.69, 9.17) is 4.74 Å². The minimum absolute atomic E-state index is 0.306. The first-order valence-corrected chi connectivity index (χ1v) is 6.82. The van der Waals surface area contributed by atoms with Crippen molar-refractivity contribution in [3.63, 3.8) is 0 Å². The molecule has 1 N–H and O–H groups in total. The molecule has 1 aromatic rings. The molecule has 0 aromatic carbocycles. The van der Waals surface area contributed by atoms with Gasteiger partial charge in [0.05, 0.1) is 6.61 Å². The van der Waals surface area contributed by atoms with Crippen molar-refractivity contribution in [3.05, 3.63) is 18.0 Å². The fraction of sp³-hybridized carbons (Fsp3) is 0.714. The molecule has 1 aliphatic rings. The molecule has 0 saturated heterocycles. The number of nitrogens with one attached hydrogen (secondary N) is 1. The zero-order chi connectivity index (χ0) is 12.8. The second kappa shape index (κ2) is 6.14. The monoisotopic (exact) mass is 249 g/mol. The van der Waals surface area contributed by atoms with Crippen molar-refractivity contribution in [1.82, 2.24) is 9.97 Å². The average molecular weight is 249 g/mol. The van der Waals surface area contributed by atoms with Crippen molar-refractivity contribution < 1.29 is 4.74 Å². The summed E-state index contributed by atoms with van der Waals surface area (Å²) < 4.78 is 5.31. The highest BCUT2D eigenvalue weighted by atomic mass is 16.5. The van der Waals surface area contributed by atoms with E-state index in [-0.39, 0.29) is 0 Å². The highest BCUT2D eigenvalue weighted by molar-refractivity contribution is 5.25. The maximum absolute atomic E-state index is 5.31. The SMILES string of the molecule is CCCc1cnc(NCC2(COC)CCC2)nc1. The van der Waals surface area contributed by atoms with Crippen molar-refractivity contribution >= 4 is 5.95 Å². The van der Waals surface area contributed by atoms with Crippen molar-refractivity contribution in [1.29, 1.82) is 0 Å². The van der Waals surface area contributed by atoms with Crippen LogP contribution < -0.4 is 5.32 Å². The molecule has 1 aromatic heterocycles. The van der Waals surface area contributed by atoms with Crippen LogP contribution in [-0.4, -0.2) is 30.2 Å². The Morgan fingerprint density at radius 2 is 2.06 bits per heavy atom. The highest BCUT2D eigenvalue weighted by Crippen LogP contribution is 2.40. The van der Waals surface area contributed by atoms with Crippen molar-refractivity contribution in [2.24, 2.45) is 5.41 Å². The number of hydrogen-bond donors (Lipinski definition) is 1. The molecule has 100 valence electrons. The van der Waals surface area contributed by atoms with E-state index in [1.54, 1.807) is 7.11 Å². The van der Waals surface area contributed by atoms with Crippen LogP contribution in [0.1, 0.15) is 38.2 Å². The van der Waals surface area contributed by atoms with E-state index >= 15 is 0 Å². The third-order valence-electron chi connectivity index (χ3n) is 3.73. The van der Waals surface area contributed by atoms with Crippen LogP contribution >= 0.6 is 0 Å². The van der Waals surface area contributed by atoms with Gasteiger partial charge in [0.15, 0.2) is 0 Å². The molecule has 0 radical (unpaired) electrons. The molecular weight excluding hydrogens is 226 g/mol. The van der Waals surface area contributed by atoms with Gasteiger partial charge in [0.2, 0.25) is 5.95 Å². The Morgan fingerprint density at radius 1 is 1.33 bits per heavy atom. The highest BCUT2D eigenvalue weighted by Gasteiger charge is 2.36. The van der Waals surface area contributed by atoms with Gasteiger partial charge in [-0.3, -0.25) is 0 Å². The second-order valence-corrected chi connectivity index (χ2v) is 5.31. The van der Waals surface area contributed by atoms with E-state index in [9.17, 15) is 0 Å². The molecule has 1 fully saturated rings. The molecule has 2 rings (SSSR count). The van der Waals surface area contributed by atoms with Gasteiger partial charge in [-0.2, -0.15) is 0 Å². The summed E-state index contributed by atoms with van der Waals surface area (Å²) in [5.41, 5.74) is 1.51. The number of aryl methyl sites for hydroxylation is 1. The Bertz CT molecular complexity index is 360. The van der Waals surface area contributed by atoms with Gasteiger partial charge in [0.25, 0.3) is 0 Å². The fourth-order valence-corrected chi connectivity index (χ4v) is 2.49. The topological polar surface area (TPSA) is 47.0 Å². The number of hydrogen-bond acceptors (Lipinski definition) is 4. The van der Waals surface area contributed by atoms with Crippen LogP contribution in [0.5, 0.6) is 0 Å². The minimum Gasteiger partial charge on any atom is -0.384 e. The third-order valence-corrected chi connectivity index (χ3v) is 3.73. The summed E-state index contributed by atoms with van der Waals surface area (Å²) in [4.78, 5) is 8.71. The van der Waals surface area contributed by atoms with E-state index in [0.29, 0.717) is 5.41 Å². The minimum atomic E-state index is 0.306. The van der Waals surface area contributed by atoms with E-state index < -0.39 is 0 Å². The lowest BCUT2D eigenvalue weighted by atomic mass is 9.69. The molecule has 0 spiro atoms. The van der Waals surface area contributed by atoms with Gasteiger partial charge >= 0.3 is 0 Å². The molecular formula is C14H23N3O. The van der Waals surface area contributed by atoms with Crippen molar-refractivity contribution in [3.8, 4) is 0 Å². The Morgan fingerprint density at radius 3 is 2.56 bits per heavy atom. The number of rotatable bonds is 7. The molecule has 4 nitrogen and oxygen atoms in total. The number of aromatic nitrogens is 2. The Hall–Kier alpha value is -1.16. The van der Waals surface area contributed by atoms with Crippen LogP contribution in [0.25, 0.3) is 0 Å². The van der Waals surface area contributed by atoms with Gasteiger partial charge in [-0.15, -0.1) is 0 Å². The second-order valence-electron chi connectivity index (χ2n) is 5.31. The van der Waals surface area contributed by atoms with Gasteiger partial charge < -0.3 is 10.1 Å². The average Bonchev–Trinajstić information content (AvgIpc) is 2.35. The molecule has 0 amide bonds. The van der Waals surface area contributed by atoms with E-state index in [0.717, 1.165) is 31.9 Å². The Kier molecular flexibility index (Phi) is 4.53. The van der Waals surface area contributed by atoms with Crippen molar-refractivity contribution in [2.45, 2.75) is 39.0 Å². The smallest absolute Gasteiger partial charge is 0.222 e. The predicted molar refractivity (Wildman–Crippen MR) is 72.7 cm³/mol. The summed E-state index contributed by atoms with van der Waals surface area (Å²) in [6, 6.07) is 0. The fourth-order valence-electron chi connectivity index (χ4n) is 2.49. The lowest BCUT2D eigenvalue weighted by Gasteiger charge is -2.41. The third kappa shape index (κ3) is 3.19. The summed E-state index contributed by atoms with van der Waals surface area (Å²) in [6.07, 6.45) is 9.80. The van der Waals surface area contributed by atoms with Crippen LogP contribution in [0.15, 0.2) is 12.4 Å². The number of anilines is 1. The Balaban J connectivity index is 1.85. The summed E-state index contributed by atoms with van der Waals surface area (Å²) in [5, 5.41) is 3.34. The maximum atomic E-state index is 5.31. The van der Waals surface area contributed by atoms with Crippen LogP contribution in [-0.2, 0) is 11.2 Å². The van der Waals surface area contributed by atoms with E-state index in [1.807, 2.05) is 12.4 Å². The Labute approximate surface area is 109 Å². The van der Waals surface area contributed by atoms with Crippen molar-refractivity contribution in [2.75, 3.05) is 25.6 Å². The molecule has 0 bridgehead atoms. The van der Waals surface area contributed by atoms with Gasteiger partial charge in [-0.25, -0.2) is 9.97 Å². The normalized spacial score (nSPS) is 17.2. The molecule has 18 heavy (non-hydrogen) atoms. The summed E-state index contributed by atoms with van der Waals surface area (Å²) >= 11 is 0. The van der Waals surface area contributed by atoms with Gasteiger partial charge in [-0.1, -0.05) is 19.8 Å². The molecule has 0 unspecified atom stereocenters. The number of nitrogens with zero attached hydrogens (tertiary/aromatic N) is 2. The first-order chi connectivity index (χ1) is 8.78. The van der Waals surface area contributed by atoms with Gasteiger partial charge in [0, 0.05) is 31.5 Å². The van der Waals surface area contributed by atoms with E-state index in [2.05, 4.69) is 22.2 Å². The summed E-state index contributed by atoms with van der Waals surface area (Å²) in [5.74, 6) is 0.734. The van der Waals surface area contributed by atoms with Crippen LogP contribution in [0.4, 0.5) is 5.95 Å². The summed E-state index contributed by atoms with van der Waals surface area (Å²) in [7, 11) is 1.77. The largest absolute Gasteiger partial charge is 0.384 e. The molecule has 4 heteroatoms. The maximum Gasteiger partial charge on any atom is 0.222 e. The van der Waals surface area contributed by atoms with Crippen LogP contribution in [0, 0.1) is 5.41 Å². The lowest BCUT2D eigenvalue weighted by molar-refractivity contribution is 0.0281. The first kappa shape index (κ1) is 13.3. The van der Waals surface area contributed by atoms with E-state index in [1.165, 1.54) is 24.8 Å². The quantitative estimate of drug-likeness (QED) is 0.807. The molecule has 0 atom stereocenters.